The Kier molecular flexibility index (Phi) is 3.99. The fourth-order valence-corrected chi connectivity index (χ4v) is 4.58. The van der Waals surface area contributed by atoms with Gasteiger partial charge in [-0.05, 0) is 41.4 Å². The summed E-state index contributed by atoms with van der Waals surface area (Å²) in [5, 5.41) is 9.30. The lowest BCUT2D eigenvalue weighted by Gasteiger charge is -2.34. The molecule has 3 heterocycles. The lowest BCUT2D eigenvalue weighted by atomic mass is 9.89. The van der Waals surface area contributed by atoms with Crippen LogP contribution in [0.1, 0.15) is 42.7 Å². The van der Waals surface area contributed by atoms with Crippen LogP contribution in [0.25, 0.3) is 11.0 Å². The number of hydrogen-bond donors (Lipinski definition) is 0. The van der Waals surface area contributed by atoms with Gasteiger partial charge in [0.1, 0.15) is 23.6 Å². The molecule has 2 aromatic heterocycles. The van der Waals surface area contributed by atoms with Gasteiger partial charge < -0.3 is 9.26 Å². The first-order valence-corrected chi connectivity index (χ1v) is 10.2. The molecule has 4 aromatic rings. The number of fused-ring (bicyclic) bond motifs is 2. The van der Waals surface area contributed by atoms with Crippen LogP contribution in [0.5, 0.6) is 5.88 Å². The molecule has 6 rings (SSSR count). The Morgan fingerprint density at radius 1 is 1.10 bits per heavy atom. The number of hydrogen-bond acceptors (Lipinski definition) is 5. The Bertz CT molecular complexity index is 1330. The zero-order valence-electron chi connectivity index (χ0n) is 16.4. The van der Waals surface area contributed by atoms with Crippen molar-refractivity contribution in [2.75, 3.05) is 0 Å². The molecule has 1 aliphatic heterocycles. The summed E-state index contributed by atoms with van der Waals surface area (Å²) in [4.78, 5) is 13.1. The quantitative estimate of drug-likeness (QED) is 0.498. The van der Waals surface area contributed by atoms with E-state index < -0.39 is 17.7 Å². The first kappa shape index (κ1) is 18.3. The largest absolute Gasteiger partial charge is 0.472 e. The van der Waals surface area contributed by atoms with Crippen LogP contribution in [0.2, 0.25) is 0 Å². The predicted molar refractivity (Wildman–Crippen MR) is 106 cm³/mol. The molecule has 0 spiro atoms. The molecule has 9 heteroatoms. The molecule has 158 valence electrons. The molecular formula is C22H18F2N4O3. The average molecular weight is 424 g/mol. The highest BCUT2D eigenvalue weighted by Crippen LogP contribution is 2.37. The standard InChI is InChI=1S/C22H18F2N4O3/c23-13-7-12(8-14(24)9-13)18-5-6-20-25-28(22(29)27(18)20)15-10-16(11-15)30-21-17-3-1-2-4-19(17)31-26-21/h1-4,7-9,15-16,18H,5-6,10-11H2/t15-,16-,18-/m0/s1. The smallest absolute Gasteiger partial charge is 0.346 e. The molecule has 2 aliphatic rings. The van der Waals surface area contributed by atoms with Gasteiger partial charge in [0, 0.05) is 25.3 Å². The van der Waals surface area contributed by atoms with Crippen LogP contribution in [0.4, 0.5) is 8.78 Å². The Hall–Kier alpha value is -3.49. The average Bonchev–Trinajstić information content (AvgIpc) is 3.39. The molecule has 2 aromatic carbocycles. The van der Waals surface area contributed by atoms with Crippen LogP contribution in [0.15, 0.2) is 51.8 Å². The fourth-order valence-electron chi connectivity index (χ4n) is 4.58. The Balaban J connectivity index is 1.21. The number of aryl methyl sites for hydroxylation is 1. The van der Waals surface area contributed by atoms with Crippen molar-refractivity contribution in [3.63, 3.8) is 0 Å². The minimum Gasteiger partial charge on any atom is -0.472 e. The van der Waals surface area contributed by atoms with Gasteiger partial charge in [-0.3, -0.25) is 4.57 Å². The van der Waals surface area contributed by atoms with Crippen LogP contribution in [0.3, 0.4) is 0 Å². The van der Waals surface area contributed by atoms with Crippen LogP contribution in [0, 0.1) is 11.6 Å². The second kappa shape index (κ2) is 6.76. The summed E-state index contributed by atoms with van der Waals surface area (Å²) < 4.78 is 41.6. The minimum atomic E-state index is -0.650. The summed E-state index contributed by atoms with van der Waals surface area (Å²) in [6.07, 6.45) is 2.34. The number of nitrogens with zero attached hydrogens (tertiary/aromatic N) is 4. The first-order valence-electron chi connectivity index (χ1n) is 10.2. The van der Waals surface area contributed by atoms with Gasteiger partial charge in [0.15, 0.2) is 5.58 Å². The summed E-state index contributed by atoms with van der Waals surface area (Å²) in [6.45, 7) is 0. The first-order chi connectivity index (χ1) is 15.1. The Morgan fingerprint density at radius 2 is 1.87 bits per heavy atom. The second-order valence-electron chi connectivity index (χ2n) is 8.12. The van der Waals surface area contributed by atoms with Gasteiger partial charge in [-0.15, -0.1) is 0 Å². The van der Waals surface area contributed by atoms with E-state index in [-0.39, 0.29) is 17.8 Å². The van der Waals surface area contributed by atoms with E-state index in [0.717, 1.165) is 11.5 Å². The van der Waals surface area contributed by atoms with Crippen LogP contribution in [-0.4, -0.2) is 25.6 Å². The summed E-state index contributed by atoms with van der Waals surface area (Å²) in [7, 11) is 0. The highest BCUT2D eigenvalue weighted by molar-refractivity contribution is 5.81. The topological polar surface area (TPSA) is 75.1 Å². The van der Waals surface area contributed by atoms with E-state index in [2.05, 4.69) is 10.3 Å². The zero-order chi connectivity index (χ0) is 21.1. The van der Waals surface area contributed by atoms with Crippen molar-refractivity contribution in [3.05, 3.63) is 76.0 Å². The lowest BCUT2D eigenvalue weighted by Crippen LogP contribution is -2.41. The van der Waals surface area contributed by atoms with Crippen molar-refractivity contribution in [2.24, 2.45) is 0 Å². The SMILES string of the molecule is O=c1n2c(nn1[C@H]1C[C@H](Oc3noc4ccccc34)C1)CC[C@H]2c1cc(F)cc(F)c1. The van der Waals surface area contributed by atoms with Crippen molar-refractivity contribution < 1.29 is 18.0 Å². The van der Waals surface area contributed by atoms with E-state index in [4.69, 9.17) is 9.26 Å². The van der Waals surface area contributed by atoms with E-state index in [1.807, 2.05) is 24.3 Å². The normalized spacial score (nSPS) is 22.5. The van der Waals surface area contributed by atoms with Gasteiger partial charge in [-0.2, -0.15) is 5.10 Å². The van der Waals surface area contributed by atoms with Crippen molar-refractivity contribution >= 4 is 11.0 Å². The second-order valence-corrected chi connectivity index (χ2v) is 8.12. The molecule has 1 saturated carbocycles. The third-order valence-corrected chi connectivity index (χ3v) is 6.16. The number of halogens is 2. The molecule has 31 heavy (non-hydrogen) atoms. The molecule has 7 nitrogen and oxygen atoms in total. The van der Waals surface area contributed by atoms with Crippen molar-refractivity contribution in [1.29, 1.82) is 0 Å². The van der Waals surface area contributed by atoms with Crippen LogP contribution in [-0.2, 0) is 6.42 Å². The van der Waals surface area contributed by atoms with Gasteiger partial charge in [-0.25, -0.2) is 18.3 Å². The van der Waals surface area contributed by atoms with E-state index in [0.29, 0.717) is 48.5 Å². The maximum Gasteiger partial charge on any atom is 0.346 e. The summed E-state index contributed by atoms with van der Waals surface area (Å²) >= 11 is 0. The third kappa shape index (κ3) is 2.95. The van der Waals surface area contributed by atoms with Gasteiger partial charge in [0.25, 0.3) is 5.88 Å². The Morgan fingerprint density at radius 3 is 2.68 bits per heavy atom. The number of para-hydroxylation sites is 1. The summed E-state index contributed by atoms with van der Waals surface area (Å²) in [5.74, 6) is -0.204. The van der Waals surface area contributed by atoms with Crippen LogP contribution < -0.4 is 10.4 Å². The number of aromatic nitrogens is 4. The van der Waals surface area contributed by atoms with Crippen molar-refractivity contribution in [2.45, 2.75) is 43.9 Å². The van der Waals surface area contributed by atoms with E-state index in [9.17, 15) is 13.6 Å². The minimum absolute atomic E-state index is 0.0846. The molecule has 0 unspecified atom stereocenters. The van der Waals surface area contributed by atoms with Crippen molar-refractivity contribution in [3.8, 4) is 5.88 Å². The molecule has 0 bridgehead atoms. The highest BCUT2D eigenvalue weighted by Gasteiger charge is 2.38. The number of rotatable bonds is 4. The monoisotopic (exact) mass is 424 g/mol. The molecule has 0 radical (unpaired) electrons. The highest BCUT2D eigenvalue weighted by atomic mass is 19.1. The van der Waals surface area contributed by atoms with Crippen molar-refractivity contribution in [1.82, 2.24) is 19.5 Å². The molecule has 0 saturated heterocycles. The zero-order valence-corrected chi connectivity index (χ0v) is 16.4. The number of benzene rings is 2. The van der Waals surface area contributed by atoms with Gasteiger partial charge >= 0.3 is 5.69 Å². The summed E-state index contributed by atoms with van der Waals surface area (Å²) in [5.41, 5.74) is 0.859. The third-order valence-electron chi connectivity index (χ3n) is 6.16. The van der Waals surface area contributed by atoms with Gasteiger partial charge in [0.2, 0.25) is 0 Å². The maximum absolute atomic E-state index is 13.7. The Labute approximate surface area is 174 Å². The van der Waals surface area contributed by atoms with E-state index >= 15 is 0 Å². The van der Waals surface area contributed by atoms with Crippen LogP contribution >= 0.6 is 0 Å². The molecule has 0 N–H and O–H groups in total. The number of ether oxygens (including phenoxy) is 1. The van der Waals surface area contributed by atoms with Gasteiger partial charge in [-0.1, -0.05) is 12.1 Å². The molecular weight excluding hydrogens is 406 g/mol. The van der Waals surface area contributed by atoms with Gasteiger partial charge in [0.05, 0.1) is 17.5 Å². The molecule has 1 atom stereocenters. The predicted octanol–water partition coefficient (Wildman–Crippen LogP) is 3.78. The molecule has 1 aliphatic carbocycles. The lowest BCUT2D eigenvalue weighted by molar-refractivity contribution is 0.0566. The van der Waals surface area contributed by atoms with E-state index in [1.165, 1.54) is 16.8 Å². The maximum atomic E-state index is 13.7. The fraction of sp³-hybridized carbons (Fsp3) is 0.318. The summed E-state index contributed by atoms with van der Waals surface area (Å²) in [6, 6.07) is 10.4. The molecule has 1 fully saturated rings. The van der Waals surface area contributed by atoms with E-state index in [1.54, 1.807) is 4.57 Å². The molecule has 0 amide bonds.